The topological polar surface area (TPSA) is 12.0 Å². The van der Waals surface area contributed by atoms with Crippen LogP contribution in [-0.4, -0.2) is 6.54 Å². The van der Waals surface area contributed by atoms with E-state index in [1.165, 1.54) is 44.1 Å². The van der Waals surface area contributed by atoms with Crippen molar-refractivity contribution < 1.29 is 0 Å². The number of hydrogen-bond acceptors (Lipinski definition) is 1. The van der Waals surface area contributed by atoms with E-state index in [0.717, 1.165) is 11.0 Å². The molecule has 0 aliphatic carbocycles. The van der Waals surface area contributed by atoms with Gasteiger partial charge >= 0.3 is 0 Å². The molecule has 0 saturated carbocycles. The summed E-state index contributed by atoms with van der Waals surface area (Å²) in [5.41, 5.74) is 1.41. The van der Waals surface area contributed by atoms with E-state index in [4.69, 9.17) is 0 Å². The molecule has 0 aromatic heterocycles. The third-order valence-electron chi connectivity index (χ3n) is 3.32. The monoisotopic (exact) mass is 311 g/mol. The number of unbranched alkanes of at least 4 members (excludes halogenated alkanes) is 4. The zero-order valence-corrected chi connectivity index (χ0v) is 13.3. The molecule has 0 aliphatic heterocycles. The lowest BCUT2D eigenvalue weighted by atomic mass is 10.00. The maximum Gasteiger partial charge on any atom is 0.0320 e. The van der Waals surface area contributed by atoms with Crippen LogP contribution in [0.25, 0.3) is 0 Å². The van der Waals surface area contributed by atoms with Gasteiger partial charge in [0.1, 0.15) is 0 Å². The summed E-state index contributed by atoms with van der Waals surface area (Å²) < 4.78 is 1.16. The van der Waals surface area contributed by atoms with Gasteiger partial charge in [-0.25, -0.2) is 0 Å². The predicted molar refractivity (Wildman–Crippen MR) is 83.9 cm³/mol. The van der Waals surface area contributed by atoms with Gasteiger partial charge in [-0.15, -0.1) is 0 Å². The average Bonchev–Trinajstić information content (AvgIpc) is 2.38. The highest BCUT2D eigenvalue weighted by molar-refractivity contribution is 9.10. The minimum absolute atomic E-state index is 0.518. The molecule has 18 heavy (non-hydrogen) atoms. The van der Waals surface area contributed by atoms with Crippen molar-refractivity contribution in [1.82, 2.24) is 5.32 Å². The van der Waals surface area contributed by atoms with Crippen LogP contribution in [0.2, 0.25) is 0 Å². The molecule has 0 spiro atoms. The zero-order chi connectivity index (χ0) is 13.2. The van der Waals surface area contributed by atoms with Crippen LogP contribution in [0.15, 0.2) is 28.7 Å². The van der Waals surface area contributed by atoms with Crippen molar-refractivity contribution in [1.29, 1.82) is 0 Å². The molecule has 1 atom stereocenters. The molecule has 0 radical (unpaired) electrons. The first-order chi connectivity index (χ1) is 8.77. The number of rotatable bonds is 9. The second kappa shape index (κ2) is 9.57. The summed E-state index contributed by atoms with van der Waals surface area (Å²) in [7, 11) is 0. The minimum atomic E-state index is 0.518. The van der Waals surface area contributed by atoms with E-state index in [1.807, 2.05) is 0 Å². The van der Waals surface area contributed by atoms with Crippen LogP contribution >= 0.6 is 15.9 Å². The van der Waals surface area contributed by atoms with Crippen molar-refractivity contribution in [2.75, 3.05) is 6.54 Å². The van der Waals surface area contributed by atoms with E-state index in [2.05, 4.69) is 59.4 Å². The van der Waals surface area contributed by atoms with Crippen molar-refractivity contribution in [3.63, 3.8) is 0 Å². The van der Waals surface area contributed by atoms with E-state index >= 15 is 0 Å². The SMILES string of the molecule is CCCCCCCC(NCC)c1ccc(Br)cc1. The first-order valence-corrected chi connectivity index (χ1v) is 8.06. The lowest BCUT2D eigenvalue weighted by Crippen LogP contribution is -2.20. The summed E-state index contributed by atoms with van der Waals surface area (Å²) in [5.74, 6) is 0. The summed E-state index contributed by atoms with van der Waals surface area (Å²) in [6.07, 6.45) is 8.03. The van der Waals surface area contributed by atoms with Crippen molar-refractivity contribution in [2.45, 2.75) is 58.4 Å². The standard InChI is InChI=1S/C16H26BrN/c1-3-5-6-7-8-9-16(18-4-2)14-10-12-15(17)13-11-14/h10-13,16,18H,3-9H2,1-2H3. The summed E-state index contributed by atoms with van der Waals surface area (Å²) in [6.45, 7) is 5.49. The van der Waals surface area contributed by atoms with Crippen LogP contribution in [-0.2, 0) is 0 Å². The van der Waals surface area contributed by atoms with Crippen LogP contribution < -0.4 is 5.32 Å². The first kappa shape index (κ1) is 15.7. The van der Waals surface area contributed by atoms with Gasteiger partial charge in [0, 0.05) is 10.5 Å². The second-order valence-electron chi connectivity index (χ2n) is 4.86. The predicted octanol–water partition coefficient (Wildman–Crippen LogP) is 5.46. The lowest BCUT2D eigenvalue weighted by Gasteiger charge is -2.18. The van der Waals surface area contributed by atoms with Crippen molar-refractivity contribution in [3.8, 4) is 0 Å². The third kappa shape index (κ3) is 6.01. The fraction of sp³-hybridized carbons (Fsp3) is 0.625. The normalized spacial score (nSPS) is 12.6. The number of benzene rings is 1. The number of hydrogen-bond donors (Lipinski definition) is 1. The maximum absolute atomic E-state index is 3.59. The molecule has 2 heteroatoms. The van der Waals surface area contributed by atoms with Gasteiger partial charge < -0.3 is 5.32 Å². The van der Waals surface area contributed by atoms with Crippen molar-refractivity contribution in [2.24, 2.45) is 0 Å². The number of halogens is 1. The van der Waals surface area contributed by atoms with Crippen LogP contribution in [0, 0.1) is 0 Å². The Morgan fingerprint density at radius 3 is 2.28 bits per heavy atom. The summed E-state index contributed by atoms with van der Waals surface area (Å²) in [6, 6.07) is 9.24. The largest absolute Gasteiger partial charge is 0.310 e. The van der Waals surface area contributed by atoms with Crippen LogP contribution in [0.4, 0.5) is 0 Å². The van der Waals surface area contributed by atoms with E-state index in [0.29, 0.717) is 6.04 Å². The van der Waals surface area contributed by atoms with Crippen LogP contribution in [0.5, 0.6) is 0 Å². The third-order valence-corrected chi connectivity index (χ3v) is 3.85. The molecule has 1 aromatic carbocycles. The zero-order valence-electron chi connectivity index (χ0n) is 11.7. The van der Waals surface area contributed by atoms with Crippen molar-refractivity contribution in [3.05, 3.63) is 34.3 Å². The molecule has 0 amide bonds. The first-order valence-electron chi connectivity index (χ1n) is 7.26. The molecule has 0 saturated heterocycles. The molecule has 102 valence electrons. The highest BCUT2D eigenvalue weighted by atomic mass is 79.9. The maximum atomic E-state index is 3.59. The summed E-state index contributed by atoms with van der Waals surface area (Å²) in [5, 5.41) is 3.59. The Balaban J connectivity index is 2.41. The Kier molecular flexibility index (Phi) is 8.36. The molecule has 0 aliphatic rings. The Labute approximate surface area is 120 Å². The van der Waals surface area contributed by atoms with Gasteiger partial charge in [0.05, 0.1) is 0 Å². The fourth-order valence-corrected chi connectivity index (χ4v) is 2.54. The van der Waals surface area contributed by atoms with Gasteiger partial charge in [-0.1, -0.05) is 74.0 Å². The summed E-state index contributed by atoms with van der Waals surface area (Å²) in [4.78, 5) is 0. The van der Waals surface area contributed by atoms with Crippen LogP contribution in [0.3, 0.4) is 0 Å². The number of nitrogens with one attached hydrogen (secondary N) is 1. The van der Waals surface area contributed by atoms with Gasteiger partial charge in [-0.2, -0.15) is 0 Å². The van der Waals surface area contributed by atoms with E-state index < -0.39 is 0 Å². The van der Waals surface area contributed by atoms with E-state index in [-0.39, 0.29) is 0 Å². The molecule has 1 rings (SSSR count). The molecule has 0 fully saturated rings. The second-order valence-corrected chi connectivity index (χ2v) is 5.78. The molecule has 1 aromatic rings. The van der Waals surface area contributed by atoms with Crippen molar-refractivity contribution >= 4 is 15.9 Å². The average molecular weight is 312 g/mol. The molecule has 1 nitrogen and oxygen atoms in total. The van der Waals surface area contributed by atoms with Gasteiger partial charge in [-0.3, -0.25) is 0 Å². The molecule has 1 unspecified atom stereocenters. The Morgan fingerprint density at radius 1 is 1.00 bits per heavy atom. The Bertz CT molecular complexity index is 307. The molecular weight excluding hydrogens is 286 g/mol. The molecular formula is C16H26BrN. The molecule has 0 bridgehead atoms. The van der Waals surface area contributed by atoms with E-state index in [1.54, 1.807) is 0 Å². The minimum Gasteiger partial charge on any atom is -0.310 e. The van der Waals surface area contributed by atoms with Gasteiger partial charge in [0.2, 0.25) is 0 Å². The Morgan fingerprint density at radius 2 is 1.67 bits per heavy atom. The smallest absolute Gasteiger partial charge is 0.0320 e. The van der Waals surface area contributed by atoms with Gasteiger partial charge in [-0.05, 0) is 30.7 Å². The molecule has 0 heterocycles. The highest BCUT2D eigenvalue weighted by Gasteiger charge is 2.09. The molecule has 1 N–H and O–H groups in total. The fourth-order valence-electron chi connectivity index (χ4n) is 2.28. The van der Waals surface area contributed by atoms with Gasteiger partial charge in [0.25, 0.3) is 0 Å². The highest BCUT2D eigenvalue weighted by Crippen LogP contribution is 2.22. The van der Waals surface area contributed by atoms with E-state index in [9.17, 15) is 0 Å². The lowest BCUT2D eigenvalue weighted by molar-refractivity contribution is 0.479. The van der Waals surface area contributed by atoms with Crippen LogP contribution in [0.1, 0.15) is 64.0 Å². The van der Waals surface area contributed by atoms with Gasteiger partial charge in [0.15, 0.2) is 0 Å². The quantitative estimate of drug-likeness (QED) is 0.597. The Hall–Kier alpha value is -0.340. The summed E-state index contributed by atoms with van der Waals surface area (Å²) >= 11 is 3.49.